The third kappa shape index (κ3) is 4.08. The van der Waals surface area contributed by atoms with Gasteiger partial charge in [-0.1, -0.05) is 23.9 Å². The first-order valence-electron chi connectivity index (χ1n) is 9.28. The first-order chi connectivity index (χ1) is 14.5. The van der Waals surface area contributed by atoms with Gasteiger partial charge < -0.3 is 4.74 Å². The molecular weight excluding hydrogens is 419 g/mol. The molecule has 2 aromatic carbocycles. The summed E-state index contributed by atoms with van der Waals surface area (Å²) in [5, 5.41) is 3.79. The molecule has 0 amide bonds. The predicted molar refractivity (Wildman–Crippen MR) is 120 cm³/mol. The highest BCUT2D eigenvalue weighted by Crippen LogP contribution is 2.39. The fourth-order valence-corrected chi connectivity index (χ4v) is 5.17. The largest absolute Gasteiger partial charge is 0.497 e. The van der Waals surface area contributed by atoms with E-state index in [9.17, 15) is 9.18 Å². The maximum absolute atomic E-state index is 13.5. The van der Waals surface area contributed by atoms with Crippen LogP contribution in [0.15, 0.2) is 52.9 Å². The smallest absolute Gasteiger partial charge is 0.173 e. The van der Waals surface area contributed by atoms with E-state index in [0.29, 0.717) is 17.0 Å². The second-order valence-electron chi connectivity index (χ2n) is 6.81. The molecule has 0 fully saturated rings. The number of thioether (sulfide) groups is 1. The second-order valence-corrected chi connectivity index (χ2v) is 8.63. The Morgan fingerprint density at radius 2 is 1.90 bits per heavy atom. The van der Waals surface area contributed by atoms with Crippen LogP contribution in [0.25, 0.3) is 21.3 Å². The van der Waals surface area contributed by atoms with E-state index in [0.717, 1.165) is 32.1 Å². The number of methoxy groups -OCH3 is 1. The van der Waals surface area contributed by atoms with Crippen molar-refractivity contribution in [1.82, 2.24) is 9.97 Å². The zero-order valence-corrected chi connectivity index (χ0v) is 18.4. The molecule has 0 aliphatic rings. The van der Waals surface area contributed by atoms with Crippen LogP contribution in [0.4, 0.5) is 4.39 Å². The van der Waals surface area contributed by atoms with E-state index >= 15 is 0 Å². The van der Waals surface area contributed by atoms with Crippen LogP contribution < -0.4 is 4.74 Å². The third-order valence-corrected chi connectivity index (χ3v) is 6.58. The topological polar surface area (TPSA) is 52.1 Å². The number of aromatic nitrogens is 2. The molecule has 152 valence electrons. The van der Waals surface area contributed by atoms with Crippen LogP contribution in [0.5, 0.6) is 5.75 Å². The van der Waals surface area contributed by atoms with E-state index in [1.807, 2.05) is 31.2 Å². The van der Waals surface area contributed by atoms with E-state index in [-0.39, 0.29) is 17.4 Å². The Morgan fingerprint density at radius 3 is 2.60 bits per heavy atom. The number of halogens is 1. The molecule has 4 rings (SSSR count). The Bertz CT molecular complexity index is 1240. The number of carbonyl (C=O) groups is 1. The molecule has 0 aliphatic heterocycles. The van der Waals surface area contributed by atoms with Crippen molar-refractivity contribution in [1.29, 1.82) is 0 Å². The van der Waals surface area contributed by atoms with Gasteiger partial charge in [0.1, 0.15) is 27.2 Å². The zero-order valence-electron chi connectivity index (χ0n) is 16.7. The molecule has 2 aromatic heterocycles. The summed E-state index contributed by atoms with van der Waals surface area (Å²) in [5.74, 6) is 1.30. The number of hydrogen-bond donors (Lipinski definition) is 0. The molecule has 0 bridgehead atoms. The molecule has 2 heterocycles. The Morgan fingerprint density at radius 1 is 1.13 bits per heavy atom. The predicted octanol–water partition coefficient (Wildman–Crippen LogP) is 6.10. The minimum atomic E-state index is -0.310. The second kappa shape index (κ2) is 8.53. The van der Waals surface area contributed by atoms with Gasteiger partial charge in [0.15, 0.2) is 5.78 Å². The molecule has 0 unspecified atom stereocenters. The Kier molecular flexibility index (Phi) is 5.83. The summed E-state index contributed by atoms with van der Waals surface area (Å²) in [7, 11) is 1.64. The monoisotopic (exact) mass is 438 g/mol. The minimum Gasteiger partial charge on any atom is -0.497 e. The molecule has 30 heavy (non-hydrogen) atoms. The van der Waals surface area contributed by atoms with E-state index in [4.69, 9.17) is 4.74 Å². The molecule has 0 saturated carbocycles. The van der Waals surface area contributed by atoms with Gasteiger partial charge in [0.05, 0.1) is 18.2 Å². The highest BCUT2D eigenvalue weighted by atomic mass is 32.2. The van der Waals surface area contributed by atoms with Gasteiger partial charge in [-0.2, -0.15) is 0 Å². The summed E-state index contributed by atoms with van der Waals surface area (Å²) in [6, 6.07) is 12.3. The number of aryl methyl sites for hydroxylation is 2. The average molecular weight is 439 g/mol. The van der Waals surface area contributed by atoms with Crippen LogP contribution in [0, 0.1) is 19.7 Å². The first-order valence-corrected chi connectivity index (χ1v) is 11.1. The number of benzene rings is 2. The fraction of sp³-hybridized carbons (Fsp3) is 0.174. The standard InChI is InChI=1S/C23H19FN2O2S2/c1-13-10-16(6-9-19(13)24)20(27)12-30-23-21-18(11-29-22(21)25-14(2)26-23)15-4-7-17(28-3)8-5-15/h4-11H,12H2,1-3H3. The summed E-state index contributed by atoms with van der Waals surface area (Å²) >= 11 is 2.94. The van der Waals surface area contributed by atoms with Crippen molar-refractivity contribution in [3.63, 3.8) is 0 Å². The van der Waals surface area contributed by atoms with Crippen molar-refractivity contribution >= 4 is 39.1 Å². The van der Waals surface area contributed by atoms with Crippen molar-refractivity contribution in [2.24, 2.45) is 0 Å². The van der Waals surface area contributed by atoms with Crippen molar-refractivity contribution in [3.8, 4) is 16.9 Å². The van der Waals surface area contributed by atoms with Crippen molar-refractivity contribution in [2.75, 3.05) is 12.9 Å². The summed E-state index contributed by atoms with van der Waals surface area (Å²) in [4.78, 5) is 22.7. The number of rotatable bonds is 6. The molecule has 0 atom stereocenters. The molecule has 0 N–H and O–H groups in total. The number of Topliss-reactive ketones (excluding diaryl/α,β-unsaturated/α-hetero) is 1. The van der Waals surface area contributed by atoms with Crippen molar-refractivity contribution in [3.05, 3.63) is 70.6 Å². The van der Waals surface area contributed by atoms with Gasteiger partial charge in [0.25, 0.3) is 0 Å². The molecule has 0 saturated heterocycles. The summed E-state index contributed by atoms with van der Waals surface area (Å²) in [6.45, 7) is 3.50. The fourth-order valence-electron chi connectivity index (χ4n) is 3.13. The number of carbonyl (C=O) groups excluding carboxylic acids is 1. The van der Waals surface area contributed by atoms with Gasteiger partial charge in [-0.05, 0) is 55.3 Å². The Hall–Kier alpha value is -2.77. The lowest BCUT2D eigenvalue weighted by molar-refractivity contribution is 0.102. The van der Waals surface area contributed by atoms with Crippen LogP contribution in [0.2, 0.25) is 0 Å². The van der Waals surface area contributed by atoms with Gasteiger partial charge in [0.2, 0.25) is 0 Å². The lowest BCUT2D eigenvalue weighted by Crippen LogP contribution is -2.04. The molecule has 7 heteroatoms. The summed E-state index contributed by atoms with van der Waals surface area (Å²) in [5.41, 5.74) is 3.04. The van der Waals surface area contributed by atoms with Crippen molar-refractivity contribution < 1.29 is 13.9 Å². The molecular formula is C23H19FN2O2S2. The van der Waals surface area contributed by atoms with Gasteiger partial charge in [0, 0.05) is 16.5 Å². The number of fused-ring (bicyclic) bond motifs is 1. The van der Waals surface area contributed by atoms with Crippen molar-refractivity contribution in [2.45, 2.75) is 18.9 Å². The minimum absolute atomic E-state index is 0.0613. The molecule has 0 radical (unpaired) electrons. The number of ketones is 1. The van der Waals surface area contributed by atoms with Crippen LogP contribution in [-0.2, 0) is 0 Å². The quantitative estimate of drug-likeness (QED) is 0.207. The van der Waals surface area contributed by atoms with Gasteiger partial charge in [-0.3, -0.25) is 4.79 Å². The van der Waals surface area contributed by atoms with E-state index in [1.54, 1.807) is 31.4 Å². The van der Waals surface area contributed by atoms with E-state index in [1.165, 1.54) is 23.9 Å². The Labute approximate surface area is 182 Å². The maximum atomic E-state index is 13.5. The summed E-state index contributed by atoms with van der Waals surface area (Å²) < 4.78 is 18.8. The van der Waals surface area contributed by atoms with E-state index in [2.05, 4.69) is 15.3 Å². The van der Waals surface area contributed by atoms with Crippen LogP contribution in [0.1, 0.15) is 21.7 Å². The molecule has 0 aliphatic carbocycles. The highest BCUT2D eigenvalue weighted by molar-refractivity contribution is 8.00. The number of thiophene rings is 1. The Balaban J connectivity index is 1.66. The zero-order chi connectivity index (χ0) is 21.3. The SMILES string of the molecule is COc1ccc(-c2csc3nc(C)nc(SCC(=O)c4ccc(F)c(C)c4)c23)cc1. The van der Waals surface area contributed by atoms with Crippen LogP contribution >= 0.6 is 23.1 Å². The van der Waals surface area contributed by atoms with Crippen LogP contribution in [0.3, 0.4) is 0 Å². The highest BCUT2D eigenvalue weighted by Gasteiger charge is 2.17. The summed E-state index contributed by atoms with van der Waals surface area (Å²) in [6.07, 6.45) is 0. The normalized spacial score (nSPS) is 11.1. The number of ether oxygens (including phenoxy) is 1. The van der Waals surface area contributed by atoms with E-state index < -0.39 is 0 Å². The van der Waals surface area contributed by atoms with Gasteiger partial charge in [-0.15, -0.1) is 11.3 Å². The molecule has 4 aromatic rings. The third-order valence-electron chi connectivity index (χ3n) is 4.73. The molecule has 4 nitrogen and oxygen atoms in total. The number of nitrogens with zero attached hydrogens (tertiary/aromatic N) is 2. The first kappa shape index (κ1) is 20.5. The lowest BCUT2D eigenvalue weighted by Gasteiger charge is -2.08. The van der Waals surface area contributed by atoms with Crippen LogP contribution in [-0.4, -0.2) is 28.6 Å². The average Bonchev–Trinajstić information content (AvgIpc) is 3.17. The maximum Gasteiger partial charge on any atom is 0.173 e. The van der Waals surface area contributed by atoms with Gasteiger partial charge in [-0.25, -0.2) is 14.4 Å². The van der Waals surface area contributed by atoms with Gasteiger partial charge >= 0.3 is 0 Å². The molecule has 0 spiro atoms. The lowest BCUT2D eigenvalue weighted by atomic mass is 10.1. The number of hydrogen-bond acceptors (Lipinski definition) is 6.